The molecule has 1 heterocycles. The van der Waals surface area contributed by atoms with Gasteiger partial charge in [0.25, 0.3) is 0 Å². The van der Waals surface area contributed by atoms with Gasteiger partial charge >= 0.3 is 0 Å². The third-order valence-electron chi connectivity index (χ3n) is 16.3. The first-order valence-electron chi connectivity index (χ1n) is 34.5. The maximum atomic E-state index is 13.1. The Hall–Kier alpha value is -2.11. The molecular weight excluding hydrogens is 995 g/mol. The molecule has 7 atom stereocenters. The Morgan fingerprint density at radius 1 is 0.425 bits per heavy atom. The van der Waals surface area contributed by atoms with Crippen LogP contribution in [0.25, 0.3) is 0 Å². The molecule has 1 amide bonds. The van der Waals surface area contributed by atoms with Crippen LogP contribution in [-0.2, 0) is 14.3 Å². The summed E-state index contributed by atoms with van der Waals surface area (Å²) in [4.78, 5) is 13.1. The van der Waals surface area contributed by atoms with E-state index in [9.17, 15) is 30.3 Å². The van der Waals surface area contributed by atoms with Gasteiger partial charge in [0.05, 0.1) is 25.4 Å². The van der Waals surface area contributed by atoms with Gasteiger partial charge in [0.15, 0.2) is 6.29 Å². The topological polar surface area (TPSA) is 149 Å². The highest BCUT2D eigenvalue weighted by atomic mass is 16.7. The highest BCUT2D eigenvalue weighted by molar-refractivity contribution is 5.76. The Balaban J connectivity index is 2.09. The third kappa shape index (κ3) is 48.3. The molecule has 0 aromatic carbocycles. The van der Waals surface area contributed by atoms with Gasteiger partial charge in [-0.3, -0.25) is 4.79 Å². The van der Waals surface area contributed by atoms with Crippen LogP contribution in [0.5, 0.6) is 0 Å². The summed E-state index contributed by atoms with van der Waals surface area (Å²) in [6, 6.07) is -0.830. The van der Waals surface area contributed by atoms with Crippen molar-refractivity contribution in [2.75, 3.05) is 13.2 Å². The summed E-state index contributed by atoms with van der Waals surface area (Å²) >= 11 is 0. The standard InChI is InChI=1S/C71H131NO8/c1-3-5-7-9-11-13-15-17-19-21-23-24-25-26-27-28-29-30-31-32-33-34-35-36-37-38-39-40-41-42-43-45-47-49-51-53-55-57-59-61-67(75)72-64(63-79-71-70(78)69(77)68(76)66(62-73)80-71)65(74)60-58-56-54-52-50-48-46-44-22-20-18-16-14-12-10-8-6-4-2/h22,29-30,32-33,44,50,52,58,60,64-66,68-71,73-74,76-78H,3-21,23-28,31,34-43,45-49,51,53-57,59,61-63H2,1-2H3,(H,72,75)/b30-29-,33-32-,44-22+,52-50+,60-58+. The molecule has 468 valence electrons. The summed E-state index contributed by atoms with van der Waals surface area (Å²) in [7, 11) is 0. The second kappa shape index (κ2) is 60.0. The van der Waals surface area contributed by atoms with E-state index >= 15 is 0 Å². The molecule has 0 radical (unpaired) electrons. The van der Waals surface area contributed by atoms with E-state index in [1.807, 2.05) is 6.08 Å². The monoisotopic (exact) mass is 1130 g/mol. The predicted octanol–water partition coefficient (Wildman–Crippen LogP) is 18.6. The van der Waals surface area contributed by atoms with Gasteiger partial charge in [-0.1, -0.05) is 306 Å². The number of ether oxygens (including phenoxy) is 2. The molecule has 1 aliphatic heterocycles. The maximum Gasteiger partial charge on any atom is 0.220 e. The molecule has 9 heteroatoms. The second-order valence-corrected chi connectivity index (χ2v) is 24.0. The molecule has 0 aromatic heterocycles. The Bertz CT molecular complexity index is 1450. The highest BCUT2D eigenvalue weighted by Gasteiger charge is 2.44. The van der Waals surface area contributed by atoms with Crippen LogP contribution in [0.3, 0.4) is 0 Å². The molecule has 1 rings (SSSR count). The lowest BCUT2D eigenvalue weighted by atomic mass is 9.99. The molecule has 1 aliphatic rings. The number of rotatable bonds is 60. The first kappa shape index (κ1) is 75.9. The summed E-state index contributed by atoms with van der Waals surface area (Å²) in [5.74, 6) is -0.188. The lowest BCUT2D eigenvalue weighted by Gasteiger charge is -2.40. The summed E-state index contributed by atoms with van der Waals surface area (Å²) in [5.41, 5.74) is 0. The van der Waals surface area contributed by atoms with Crippen molar-refractivity contribution in [1.82, 2.24) is 5.32 Å². The highest BCUT2D eigenvalue weighted by Crippen LogP contribution is 2.23. The fraction of sp³-hybridized carbons (Fsp3) is 0.845. The molecule has 1 saturated heterocycles. The maximum absolute atomic E-state index is 13.1. The van der Waals surface area contributed by atoms with Gasteiger partial charge in [-0.2, -0.15) is 0 Å². The summed E-state index contributed by atoms with van der Waals surface area (Å²) in [6.07, 6.45) is 76.3. The van der Waals surface area contributed by atoms with Crippen LogP contribution in [0.1, 0.15) is 328 Å². The lowest BCUT2D eigenvalue weighted by Crippen LogP contribution is -2.60. The van der Waals surface area contributed by atoms with Gasteiger partial charge in [-0.05, 0) is 77.0 Å². The molecule has 6 N–H and O–H groups in total. The number of carbonyl (C=O) groups is 1. The van der Waals surface area contributed by atoms with Crippen LogP contribution in [-0.4, -0.2) is 87.5 Å². The van der Waals surface area contributed by atoms with E-state index in [-0.39, 0.29) is 12.5 Å². The van der Waals surface area contributed by atoms with Crippen LogP contribution in [0.15, 0.2) is 60.8 Å². The molecule has 0 bridgehead atoms. The molecule has 0 saturated carbocycles. The van der Waals surface area contributed by atoms with Gasteiger partial charge in [0.2, 0.25) is 5.91 Å². The van der Waals surface area contributed by atoms with Crippen LogP contribution in [0, 0.1) is 0 Å². The Morgan fingerprint density at radius 2 is 0.750 bits per heavy atom. The zero-order valence-electron chi connectivity index (χ0n) is 52.3. The largest absolute Gasteiger partial charge is 0.394 e. The van der Waals surface area contributed by atoms with Gasteiger partial charge < -0.3 is 40.3 Å². The van der Waals surface area contributed by atoms with Crippen molar-refractivity contribution in [1.29, 1.82) is 0 Å². The number of unbranched alkanes of at least 4 members (excludes halogenated alkanes) is 42. The average Bonchev–Trinajstić information content (AvgIpc) is 3.46. The summed E-state index contributed by atoms with van der Waals surface area (Å²) < 4.78 is 11.3. The third-order valence-corrected chi connectivity index (χ3v) is 16.3. The number of hydrogen-bond acceptors (Lipinski definition) is 8. The minimum atomic E-state index is -1.58. The normalized spacial score (nSPS) is 18.8. The summed E-state index contributed by atoms with van der Waals surface area (Å²) in [6.45, 7) is 3.78. The Morgan fingerprint density at radius 3 is 1.12 bits per heavy atom. The number of hydrogen-bond donors (Lipinski definition) is 6. The van der Waals surface area contributed by atoms with E-state index in [0.717, 1.165) is 51.4 Å². The van der Waals surface area contributed by atoms with E-state index < -0.39 is 49.5 Å². The van der Waals surface area contributed by atoms with Gasteiger partial charge in [0.1, 0.15) is 24.4 Å². The molecular formula is C71H131NO8. The van der Waals surface area contributed by atoms with Gasteiger partial charge in [-0.25, -0.2) is 0 Å². The van der Waals surface area contributed by atoms with Crippen molar-refractivity contribution in [3.05, 3.63) is 60.8 Å². The molecule has 7 unspecified atom stereocenters. The number of nitrogens with one attached hydrogen (secondary N) is 1. The van der Waals surface area contributed by atoms with E-state index in [1.165, 1.54) is 257 Å². The Labute approximate surface area is 494 Å². The quantitative estimate of drug-likeness (QED) is 0.0261. The molecule has 0 spiro atoms. The van der Waals surface area contributed by atoms with Crippen LogP contribution >= 0.6 is 0 Å². The molecule has 9 nitrogen and oxygen atoms in total. The number of allylic oxidation sites excluding steroid dienone is 9. The number of carbonyl (C=O) groups excluding carboxylic acids is 1. The zero-order chi connectivity index (χ0) is 57.9. The van der Waals surface area contributed by atoms with Crippen molar-refractivity contribution >= 4 is 5.91 Å². The number of aliphatic hydroxyl groups excluding tert-OH is 5. The zero-order valence-corrected chi connectivity index (χ0v) is 52.3. The van der Waals surface area contributed by atoms with E-state index in [4.69, 9.17) is 9.47 Å². The van der Waals surface area contributed by atoms with Gasteiger partial charge in [0, 0.05) is 6.42 Å². The molecule has 0 aliphatic carbocycles. The van der Waals surface area contributed by atoms with Gasteiger partial charge in [-0.15, -0.1) is 0 Å². The van der Waals surface area contributed by atoms with Crippen molar-refractivity contribution in [2.45, 2.75) is 371 Å². The van der Waals surface area contributed by atoms with E-state index in [1.54, 1.807) is 6.08 Å². The minimum absolute atomic E-state index is 0.188. The first-order chi connectivity index (χ1) is 39.3. The van der Waals surface area contributed by atoms with E-state index in [2.05, 4.69) is 67.8 Å². The van der Waals surface area contributed by atoms with Crippen LogP contribution < -0.4 is 5.32 Å². The fourth-order valence-electron chi connectivity index (χ4n) is 10.9. The van der Waals surface area contributed by atoms with Crippen molar-refractivity contribution in [2.24, 2.45) is 0 Å². The molecule has 0 aromatic rings. The number of amides is 1. The molecule has 80 heavy (non-hydrogen) atoms. The van der Waals surface area contributed by atoms with Crippen molar-refractivity contribution in [3.63, 3.8) is 0 Å². The fourth-order valence-corrected chi connectivity index (χ4v) is 10.9. The second-order valence-electron chi connectivity index (χ2n) is 24.0. The average molecular weight is 1130 g/mol. The van der Waals surface area contributed by atoms with E-state index in [0.29, 0.717) is 6.42 Å². The number of aliphatic hydroxyl groups is 5. The SMILES string of the molecule is CCCCCCCCCC/C=C/CC/C=C/CC/C=C/C(O)C(COC1OC(CO)C(O)C(O)C1O)NC(=O)CCCCCCCCCCCCCCCCCCC/C=C\C/C=C\CCCCCCCCCCCCCCCCC. The smallest absolute Gasteiger partial charge is 0.220 e. The minimum Gasteiger partial charge on any atom is -0.394 e. The lowest BCUT2D eigenvalue weighted by molar-refractivity contribution is -0.302. The Kier molecular flexibility index (Phi) is 57.0. The van der Waals surface area contributed by atoms with Crippen molar-refractivity contribution in [3.8, 4) is 0 Å². The first-order valence-corrected chi connectivity index (χ1v) is 34.5. The van der Waals surface area contributed by atoms with Crippen LogP contribution in [0.2, 0.25) is 0 Å². The van der Waals surface area contributed by atoms with Crippen molar-refractivity contribution < 1.29 is 39.8 Å². The van der Waals surface area contributed by atoms with Crippen LogP contribution in [0.4, 0.5) is 0 Å². The molecule has 1 fully saturated rings. The predicted molar refractivity (Wildman–Crippen MR) is 341 cm³/mol. The summed E-state index contributed by atoms with van der Waals surface area (Å²) in [5, 5.41) is 54.6.